The summed E-state index contributed by atoms with van der Waals surface area (Å²) in [5.41, 5.74) is 7.32. The van der Waals surface area contributed by atoms with Crippen LogP contribution in [0, 0.1) is 0 Å². The number of hydrogen-bond acceptors (Lipinski definition) is 5. The van der Waals surface area contributed by atoms with Gasteiger partial charge < -0.3 is 15.2 Å². The number of nitrogens with zero attached hydrogens (tertiary/aromatic N) is 1. The maximum atomic E-state index is 11.9. The monoisotopic (exact) mass is 258 g/mol. The highest BCUT2D eigenvalue weighted by Crippen LogP contribution is 2.19. The fraction of sp³-hybridized carbons (Fsp3) is 0.143. The Morgan fingerprint density at radius 3 is 2.89 bits per heavy atom. The Balaban J connectivity index is 2.06. The van der Waals surface area contributed by atoms with Gasteiger partial charge in [-0.05, 0) is 18.2 Å². The summed E-state index contributed by atoms with van der Waals surface area (Å²) in [4.78, 5) is 15.8. The van der Waals surface area contributed by atoms with Crippen LogP contribution in [0.25, 0.3) is 0 Å². The lowest BCUT2D eigenvalue weighted by Gasteiger charge is -2.07. The van der Waals surface area contributed by atoms with E-state index in [0.717, 1.165) is 5.56 Å². The predicted molar refractivity (Wildman–Crippen MR) is 70.8 cm³/mol. The average molecular weight is 258 g/mol. The van der Waals surface area contributed by atoms with Crippen LogP contribution < -0.4 is 10.5 Å². The standard InChI is InChI=1S/C14H14N2O3/c1-18-13-6-11(5-12(15)7-13)14(17)19-9-10-3-2-4-16-8-10/h2-8H,9,15H2,1H3. The van der Waals surface area contributed by atoms with E-state index >= 15 is 0 Å². The highest BCUT2D eigenvalue weighted by Gasteiger charge is 2.10. The average Bonchev–Trinajstić information content (AvgIpc) is 2.45. The Labute approximate surface area is 111 Å². The van der Waals surface area contributed by atoms with Gasteiger partial charge in [0.2, 0.25) is 0 Å². The summed E-state index contributed by atoms with van der Waals surface area (Å²) in [6.07, 6.45) is 3.31. The molecule has 0 saturated carbocycles. The summed E-state index contributed by atoms with van der Waals surface area (Å²) < 4.78 is 10.2. The van der Waals surface area contributed by atoms with E-state index in [1.54, 1.807) is 36.7 Å². The highest BCUT2D eigenvalue weighted by molar-refractivity contribution is 5.91. The molecule has 5 nitrogen and oxygen atoms in total. The van der Waals surface area contributed by atoms with Crippen LogP contribution in [0.15, 0.2) is 42.7 Å². The van der Waals surface area contributed by atoms with E-state index in [-0.39, 0.29) is 6.61 Å². The van der Waals surface area contributed by atoms with Gasteiger partial charge in [-0.15, -0.1) is 0 Å². The molecule has 0 amide bonds. The number of pyridine rings is 1. The number of aromatic nitrogens is 1. The Morgan fingerprint density at radius 1 is 1.37 bits per heavy atom. The van der Waals surface area contributed by atoms with Gasteiger partial charge in [-0.3, -0.25) is 4.98 Å². The van der Waals surface area contributed by atoms with Crippen molar-refractivity contribution in [1.29, 1.82) is 0 Å². The second-order valence-corrected chi connectivity index (χ2v) is 3.93. The first kappa shape index (κ1) is 12.9. The molecule has 1 heterocycles. The minimum atomic E-state index is -0.450. The van der Waals surface area contributed by atoms with Crippen molar-refractivity contribution in [1.82, 2.24) is 4.98 Å². The normalized spacial score (nSPS) is 9.95. The van der Waals surface area contributed by atoms with Crippen LogP contribution in [0.2, 0.25) is 0 Å². The Morgan fingerprint density at radius 2 is 2.21 bits per heavy atom. The number of benzene rings is 1. The molecule has 0 fully saturated rings. The van der Waals surface area contributed by atoms with Crippen molar-refractivity contribution in [3.63, 3.8) is 0 Å². The lowest BCUT2D eigenvalue weighted by atomic mass is 10.2. The third-order valence-electron chi connectivity index (χ3n) is 2.49. The predicted octanol–water partition coefficient (Wildman–Crippen LogP) is 2.03. The number of ether oxygens (including phenoxy) is 2. The first-order chi connectivity index (χ1) is 9.19. The first-order valence-corrected chi connectivity index (χ1v) is 5.69. The largest absolute Gasteiger partial charge is 0.497 e. The number of methoxy groups -OCH3 is 1. The van der Waals surface area contributed by atoms with E-state index in [9.17, 15) is 4.79 Å². The fourth-order valence-electron chi connectivity index (χ4n) is 1.57. The second-order valence-electron chi connectivity index (χ2n) is 3.93. The SMILES string of the molecule is COc1cc(N)cc(C(=O)OCc2cccnc2)c1. The molecule has 2 aromatic rings. The molecule has 0 bridgehead atoms. The molecule has 19 heavy (non-hydrogen) atoms. The van der Waals surface area contributed by atoms with E-state index in [2.05, 4.69) is 4.98 Å². The molecular formula is C14H14N2O3. The van der Waals surface area contributed by atoms with Gasteiger partial charge >= 0.3 is 5.97 Å². The molecule has 0 atom stereocenters. The van der Waals surface area contributed by atoms with Crippen molar-refractivity contribution in [2.45, 2.75) is 6.61 Å². The first-order valence-electron chi connectivity index (χ1n) is 5.69. The van der Waals surface area contributed by atoms with E-state index in [1.807, 2.05) is 6.07 Å². The number of rotatable bonds is 4. The second kappa shape index (κ2) is 5.86. The highest BCUT2D eigenvalue weighted by atomic mass is 16.5. The number of anilines is 1. The van der Waals surface area contributed by atoms with Crippen LogP contribution >= 0.6 is 0 Å². The molecule has 0 saturated heterocycles. The van der Waals surface area contributed by atoms with Gasteiger partial charge in [-0.25, -0.2) is 4.79 Å². The fourth-order valence-corrected chi connectivity index (χ4v) is 1.57. The van der Waals surface area contributed by atoms with Crippen molar-refractivity contribution < 1.29 is 14.3 Å². The third kappa shape index (κ3) is 3.45. The molecule has 0 unspecified atom stereocenters. The Kier molecular flexibility index (Phi) is 3.97. The Hall–Kier alpha value is -2.56. The molecular weight excluding hydrogens is 244 g/mol. The molecule has 1 aromatic heterocycles. The van der Waals surface area contributed by atoms with Gasteiger partial charge in [0.25, 0.3) is 0 Å². The van der Waals surface area contributed by atoms with Crippen molar-refractivity contribution >= 4 is 11.7 Å². The van der Waals surface area contributed by atoms with Crippen molar-refractivity contribution in [2.24, 2.45) is 0 Å². The van der Waals surface area contributed by atoms with Gasteiger partial charge in [0.1, 0.15) is 12.4 Å². The van der Waals surface area contributed by atoms with Crippen LogP contribution in [0.5, 0.6) is 5.75 Å². The number of nitrogen functional groups attached to an aromatic ring is 1. The molecule has 5 heteroatoms. The molecule has 0 spiro atoms. The van der Waals surface area contributed by atoms with Gasteiger partial charge in [0, 0.05) is 29.7 Å². The molecule has 0 aliphatic heterocycles. The van der Waals surface area contributed by atoms with E-state index < -0.39 is 5.97 Å². The zero-order chi connectivity index (χ0) is 13.7. The molecule has 2 rings (SSSR count). The molecule has 1 aromatic carbocycles. The quantitative estimate of drug-likeness (QED) is 0.671. The maximum Gasteiger partial charge on any atom is 0.338 e. The number of carbonyl (C=O) groups is 1. The summed E-state index contributed by atoms with van der Waals surface area (Å²) in [7, 11) is 1.51. The van der Waals surface area contributed by atoms with Gasteiger partial charge in [0.05, 0.1) is 12.7 Å². The summed E-state index contributed by atoms with van der Waals surface area (Å²) in [6, 6.07) is 8.39. The smallest absolute Gasteiger partial charge is 0.338 e. The van der Waals surface area contributed by atoms with Gasteiger partial charge in [-0.1, -0.05) is 6.07 Å². The Bertz CT molecular complexity index is 570. The van der Waals surface area contributed by atoms with Crippen molar-refractivity contribution in [3.8, 4) is 5.75 Å². The van der Waals surface area contributed by atoms with Crippen molar-refractivity contribution in [3.05, 3.63) is 53.9 Å². The van der Waals surface area contributed by atoms with Crippen LogP contribution in [0.4, 0.5) is 5.69 Å². The molecule has 0 aliphatic rings. The number of carbonyl (C=O) groups excluding carboxylic acids is 1. The number of esters is 1. The minimum Gasteiger partial charge on any atom is -0.497 e. The van der Waals surface area contributed by atoms with E-state index in [0.29, 0.717) is 17.0 Å². The van der Waals surface area contributed by atoms with Crippen LogP contribution in [0.1, 0.15) is 15.9 Å². The van der Waals surface area contributed by atoms with Crippen LogP contribution in [0.3, 0.4) is 0 Å². The topological polar surface area (TPSA) is 74.4 Å². The lowest BCUT2D eigenvalue weighted by Crippen LogP contribution is -2.06. The molecule has 98 valence electrons. The van der Waals surface area contributed by atoms with Gasteiger partial charge in [-0.2, -0.15) is 0 Å². The molecule has 0 aliphatic carbocycles. The number of hydrogen-bond donors (Lipinski definition) is 1. The third-order valence-corrected chi connectivity index (χ3v) is 2.49. The zero-order valence-corrected chi connectivity index (χ0v) is 10.5. The van der Waals surface area contributed by atoms with E-state index in [4.69, 9.17) is 15.2 Å². The molecule has 0 radical (unpaired) electrons. The molecule has 2 N–H and O–H groups in total. The summed E-state index contributed by atoms with van der Waals surface area (Å²) in [5, 5.41) is 0. The maximum absolute atomic E-state index is 11.9. The van der Waals surface area contributed by atoms with Gasteiger partial charge in [0.15, 0.2) is 0 Å². The van der Waals surface area contributed by atoms with Crippen LogP contribution in [-0.4, -0.2) is 18.1 Å². The summed E-state index contributed by atoms with van der Waals surface area (Å²) >= 11 is 0. The van der Waals surface area contributed by atoms with E-state index in [1.165, 1.54) is 7.11 Å². The zero-order valence-electron chi connectivity index (χ0n) is 10.5. The summed E-state index contributed by atoms with van der Waals surface area (Å²) in [5.74, 6) is 0.0720. The summed E-state index contributed by atoms with van der Waals surface area (Å²) in [6.45, 7) is 0.170. The number of nitrogens with two attached hydrogens (primary N) is 1. The lowest BCUT2D eigenvalue weighted by molar-refractivity contribution is 0.0472. The van der Waals surface area contributed by atoms with Crippen molar-refractivity contribution in [2.75, 3.05) is 12.8 Å². The van der Waals surface area contributed by atoms with Crippen LogP contribution in [-0.2, 0) is 11.3 Å². The minimum absolute atomic E-state index is 0.170.